The number of nitrogens with zero attached hydrogens (tertiary/aromatic N) is 2. The molecule has 1 aromatic heterocycles. The average molecular weight is 447 g/mol. The number of methoxy groups -OCH3 is 1. The molecule has 0 aliphatic carbocycles. The maximum Gasteiger partial charge on any atom is 0.325 e. The van der Waals surface area contributed by atoms with Crippen LogP contribution in [0, 0.1) is 0 Å². The van der Waals surface area contributed by atoms with E-state index in [1.54, 1.807) is 47.0 Å². The number of thiazole rings is 1. The Labute approximate surface area is 183 Å². The number of carbonyl (C=O) groups is 2. The van der Waals surface area contributed by atoms with Crippen molar-refractivity contribution in [2.75, 3.05) is 13.7 Å². The van der Waals surface area contributed by atoms with E-state index in [1.807, 2.05) is 0 Å². The average Bonchev–Trinajstić information content (AvgIpc) is 3.07. The van der Waals surface area contributed by atoms with Gasteiger partial charge in [-0.1, -0.05) is 42.7 Å². The zero-order valence-electron chi connectivity index (χ0n) is 16.9. The van der Waals surface area contributed by atoms with Crippen LogP contribution in [-0.2, 0) is 16.1 Å². The highest BCUT2D eigenvalue weighted by Gasteiger charge is 2.13. The zero-order valence-corrected chi connectivity index (χ0v) is 18.5. The van der Waals surface area contributed by atoms with Crippen molar-refractivity contribution in [3.05, 3.63) is 57.9 Å². The second-order valence-electron chi connectivity index (χ2n) is 6.66. The third kappa shape index (κ3) is 5.49. The Balaban J connectivity index is 1.87. The fourth-order valence-electron chi connectivity index (χ4n) is 2.87. The summed E-state index contributed by atoms with van der Waals surface area (Å²) in [6, 6.07) is 12.2. The molecule has 30 heavy (non-hydrogen) atoms. The number of amides is 1. The van der Waals surface area contributed by atoms with Gasteiger partial charge in [0.2, 0.25) is 0 Å². The van der Waals surface area contributed by atoms with Crippen LogP contribution >= 0.6 is 22.9 Å². The molecule has 1 heterocycles. The highest BCUT2D eigenvalue weighted by Crippen LogP contribution is 2.22. The number of rotatable bonds is 8. The van der Waals surface area contributed by atoms with Crippen LogP contribution in [0.5, 0.6) is 5.75 Å². The van der Waals surface area contributed by atoms with Gasteiger partial charge in [-0.15, -0.1) is 0 Å². The number of hydrogen-bond donors (Lipinski definition) is 0. The molecule has 158 valence electrons. The maximum absolute atomic E-state index is 12.7. The van der Waals surface area contributed by atoms with E-state index < -0.39 is 11.9 Å². The van der Waals surface area contributed by atoms with Crippen molar-refractivity contribution in [1.29, 1.82) is 0 Å². The number of unbranched alkanes of at least 4 members (excludes halogenated alkanes) is 2. The van der Waals surface area contributed by atoms with Crippen molar-refractivity contribution in [3.63, 3.8) is 0 Å². The minimum atomic E-state index is -0.428. The monoisotopic (exact) mass is 446 g/mol. The summed E-state index contributed by atoms with van der Waals surface area (Å²) in [4.78, 5) is 29.2. The Bertz CT molecular complexity index is 1100. The number of benzene rings is 2. The van der Waals surface area contributed by atoms with Crippen LogP contribution < -0.4 is 9.54 Å². The lowest BCUT2D eigenvalue weighted by molar-refractivity contribution is -0.141. The molecule has 0 spiro atoms. The van der Waals surface area contributed by atoms with E-state index in [4.69, 9.17) is 21.1 Å². The lowest BCUT2D eigenvalue weighted by atomic mass is 10.2. The Morgan fingerprint density at radius 3 is 2.60 bits per heavy atom. The largest absolute Gasteiger partial charge is 0.494 e. The molecule has 3 rings (SSSR count). The second kappa shape index (κ2) is 10.4. The quantitative estimate of drug-likeness (QED) is 0.366. The Morgan fingerprint density at radius 2 is 1.90 bits per heavy atom. The normalized spacial score (nSPS) is 11.6. The van der Waals surface area contributed by atoms with Gasteiger partial charge in [0, 0.05) is 10.6 Å². The topological polar surface area (TPSA) is 69.9 Å². The molecule has 1 amide bonds. The van der Waals surface area contributed by atoms with Crippen molar-refractivity contribution in [1.82, 2.24) is 4.57 Å². The predicted molar refractivity (Wildman–Crippen MR) is 118 cm³/mol. The molecular formula is C22H23ClN2O4S. The van der Waals surface area contributed by atoms with Gasteiger partial charge in [0.15, 0.2) is 4.80 Å². The lowest BCUT2D eigenvalue weighted by Crippen LogP contribution is -2.22. The molecule has 2 aromatic carbocycles. The highest BCUT2D eigenvalue weighted by molar-refractivity contribution is 7.16. The standard InChI is InChI=1S/C22H23ClN2O4S/c1-3-4-5-12-29-17-9-6-15(7-10-17)21(27)24-22-25(14-20(26)28-2)18-11-8-16(23)13-19(18)30-22/h6-11,13H,3-5,12,14H2,1-2H3. The first-order chi connectivity index (χ1) is 14.5. The maximum atomic E-state index is 12.7. The van der Waals surface area contributed by atoms with Crippen molar-refractivity contribution in [2.24, 2.45) is 4.99 Å². The van der Waals surface area contributed by atoms with Crippen LogP contribution in [0.15, 0.2) is 47.5 Å². The van der Waals surface area contributed by atoms with Crippen LogP contribution in [0.1, 0.15) is 36.5 Å². The summed E-state index contributed by atoms with van der Waals surface area (Å²) in [6.45, 7) is 2.75. The molecular weight excluding hydrogens is 424 g/mol. The summed E-state index contributed by atoms with van der Waals surface area (Å²) < 4.78 is 12.9. The molecule has 0 saturated carbocycles. The fourth-order valence-corrected chi connectivity index (χ4v) is 4.17. The van der Waals surface area contributed by atoms with Gasteiger partial charge >= 0.3 is 5.97 Å². The summed E-state index contributed by atoms with van der Waals surface area (Å²) in [5, 5.41) is 0.571. The van der Waals surface area contributed by atoms with E-state index in [0.29, 0.717) is 22.0 Å². The number of aromatic nitrogens is 1. The first kappa shape index (κ1) is 22.1. The van der Waals surface area contributed by atoms with Gasteiger partial charge in [0.1, 0.15) is 12.3 Å². The summed E-state index contributed by atoms with van der Waals surface area (Å²) in [6.07, 6.45) is 3.27. The number of halogens is 1. The van der Waals surface area contributed by atoms with E-state index in [9.17, 15) is 9.59 Å². The van der Waals surface area contributed by atoms with Gasteiger partial charge in [-0.3, -0.25) is 9.59 Å². The van der Waals surface area contributed by atoms with Crippen molar-refractivity contribution < 1.29 is 19.1 Å². The van der Waals surface area contributed by atoms with Crippen LogP contribution in [-0.4, -0.2) is 30.2 Å². The smallest absolute Gasteiger partial charge is 0.325 e. The van der Waals surface area contributed by atoms with Gasteiger partial charge in [-0.25, -0.2) is 0 Å². The Hall–Kier alpha value is -2.64. The number of carbonyl (C=O) groups excluding carboxylic acids is 2. The minimum Gasteiger partial charge on any atom is -0.494 e. The van der Waals surface area contributed by atoms with Crippen LogP contribution in [0.3, 0.4) is 0 Å². The molecule has 3 aromatic rings. The number of fused-ring (bicyclic) bond motifs is 1. The first-order valence-electron chi connectivity index (χ1n) is 9.69. The molecule has 0 fully saturated rings. The first-order valence-corrected chi connectivity index (χ1v) is 10.9. The van der Waals surface area contributed by atoms with E-state index >= 15 is 0 Å². The second-order valence-corrected chi connectivity index (χ2v) is 8.10. The highest BCUT2D eigenvalue weighted by atomic mass is 35.5. The van der Waals surface area contributed by atoms with E-state index in [-0.39, 0.29) is 6.54 Å². The van der Waals surface area contributed by atoms with Crippen LogP contribution in [0.25, 0.3) is 10.2 Å². The molecule has 0 radical (unpaired) electrons. The van der Waals surface area contributed by atoms with Gasteiger partial charge in [0.25, 0.3) is 5.91 Å². The van der Waals surface area contributed by atoms with E-state index in [2.05, 4.69) is 11.9 Å². The SMILES string of the molecule is CCCCCOc1ccc(C(=O)N=c2sc3cc(Cl)ccc3n2CC(=O)OC)cc1. The van der Waals surface area contributed by atoms with E-state index in [0.717, 1.165) is 35.2 Å². The predicted octanol–water partition coefficient (Wildman–Crippen LogP) is 4.84. The summed E-state index contributed by atoms with van der Waals surface area (Å²) in [5.74, 6) is -0.105. The number of hydrogen-bond acceptors (Lipinski definition) is 5. The summed E-state index contributed by atoms with van der Waals surface area (Å²) in [5.41, 5.74) is 1.20. The van der Waals surface area contributed by atoms with Crippen molar-refractivity contribution in [3.8, 4) is 5.75 Å². The van der Waals surface area contributed by atoms with Gasteiger partial charge in [-0.2, -0.15) is 4.99 Å². The zero-order chi connectivity index (χ0) is 21.5. The molecule has 6 nitrogen and oxygen atoms in total. The molecule has 0 atom stereocenters. The molecule has 8 heteroatoms. The summed E-state index contributed by atoms with van der Waals surface area (Å²) >= 11 is 7.37. The van der Waals surface area contributed by atoms with Crippen LogP contribution in [0.4, 0.5) is 0 Å². The lowest BCUT2D eigenvalue weighted by Gasteiger charge is -2.06. The summed E-state index contributed by atoms with van der Waals surface area (Å²) in [7, 11) is 1.32. The van der Waals surface area contributed by atoms with Crippen molar-refractivity contribution in [2.45, 2.75) is 32.7 Å². The number of esters is 1. The molecule has 0 bridgehead atoms. The Kier molecular flexibility index (Phi) is 7.65. The third-order valence-corrected chi connectivity index (χ3v) is 5.75. The third-order valence-electron chi connectivity index (χ3n) is 4.47. The van der Waals surface area contributed by atoms with E-state index in [1.165, 1.54) is 18.4 Å². The van der Waals surface area contributed by atoms with Crippen molar-refractivity contribution >= 4 is 45.0 Å². The molecule has 0 aliphatic rings. The molecule has 0 unspecified atom stereocenters. The number of ether oxygens (including phenoxy) is 2. The minimum absolute atomic E-state index is 0.0468. The van der Waals surface area contributed by atoms with Gasteiger partial charge in [-0.05, 0) is 48.9 Å². The van der Waals surface area contributed by atoms with Gasteiger partial charge in [0.05, 0.1) is 23.9 Å². The molecule has 0 aliphatic heterocycles. The Morgan fingerprint density at radius 1 is 1.13 bits per heavy atom. The molecule has 0 N–H and O–H groups in total. The fraction of sp³-hybridized carbons (Fsp3) is 0.318. The molecule has 0 saturated heterocycles. The van der Waals surface area contributed by atoms with Crippen LogP contribution in [0.2, 0.25) is 5.02 Å². The van der Waals surface area contributed by atoms with Gasteiger partial charge < -0.3 is 14.0 Å².